The lowest BCUT2D eigenvalue weighted by Gasteiger charge is -2.34. The maximum atomic E-state index is 13.1. The zero-order valence-electron chi connectivity index (χ0n) is 27.0. The SMILES string of the molecule is Br.COCC=Cc1ccc(CN2CCN(C(=O)C=Cc3cc(C)c(Oc4ccc(OCc5ccc(F)cc5)cn4)c(C)c3)CC2)cc1. The molecule has 1 saturated heterocycles. The van der Waals surface area contributed by atoms with Crippen LogP contribution in [-0.4, -0.2) is 60.6 Å². The van der Waals surface area contributed by atoms with Crippen molar-refractivity contribution in [2.45, 2.75) is 27.0 Å². The van der Waals surface area contributed by atoms with Gasteiger partial charge in [-0.15, -0.1) is 17.0 Å². The van der Waals surface area contributed by atoms with Crippen molar-refractivity contribution in [3.05, 3.63) is 130 Å². The number of nitrogens with zero attached hydrogens (tertiary/aromatic N) is 3. The summed E-state index contributed by atoms with van der Waals surface area (Å²) in [5.74, 6) is 1.51. The van der Waals surface area contributed by atoms with Gasteiger partial charge in [-0.25, -0.2) is 9.37 Å². The molecule has 1 fully saturated rings. The summed E-state index contributed by atoms with van der Waals surface area (Å²) in [6, 6.07) is 22.3. The lowest BCUT2D eigenvalue weighted by Crippen LogP contribution is -2.47. The van der Waals surface area contributed by atoms with Crippen LogP contribution in [0.25, 0.3) is 12.2 Å². The summed E-state index contributed by atoms with van der Waals surface area (Å²) in [5, 5.41) is 0. The van der Waals surface area contributed by atoms with E-state index in [1.165, 1.54) is 17.7 Å². The number of amides is 1. The summed E-state index contributed by atoms with van der Waals surface area (Å²) < 4.78 is 30.0. The van der Waals surface area contributed by atoms with Crippen molar-refractivity contribution in [2.75, 3.05) is 39.9 Å². The first kappa shape index (κ1) is 35.5. The molecule has 0 radical (unpaired) electrons. The molecule has 0 aliphatic carbocycles. The summed E-state index contributed by atoms with van der Waals surface area (Å²) in [6.45, 7) is 8.84. The van der Waals surface area contributed by atoms with Crippen molar-refractivity contribution in [1.82, 2.24) is 14.8 Å². The summed E-state index contributed by atoms with van der Waals surface area (Å²) in [5.41, 5.74) is 6.11. The maximum absolute atomic E-state index is 13.1. The van der Waals surface area contributed by atoms with E-state index in [4.69, 9.17) is 14.2 Å². The second-order valence-corrected chi connectivity index (χ2v) is 11.4. The van der Waals surface area contributed by atoms with Crippen LogP contribution in [0.1, 0.15) is 33.4 Å². The Morgan fingerprint density at radius 1 is 0.872 bits per heavy atom. The number of pyridine rings is 1. The van der Waals surface area contributed by atoms with Gasteiger partial charge in [0.2, 0.25) is 11.8 Å². The van der Waals surface area contributed by atoms with Crippen LogP contribution < -0.4 is 9.47 Å². The number of carbonyl (C=O) groups is 1. The smallest absolute Gasteiger partial charge is 0.246 e. The topological polar surface area (TPSA) is 64.1 Å². The molecule has 47 heavy (non-hydrogen) atoms. The van der Waals surface area contributed by atoms with Crippen LogP contribution in [0.15, 0.2) is 91.1 Å². The lowest BCUT2D eigenvalue weighted by atomic mass is 10.1. The lowest BCUT2D eigenvalue weighted by molar-refractivity contribution is -0.127. The molecule has 0 atom stereocenters. The molecule has 0 N–H and O–H groups in total. The molecular formula is C38H41BrFN3O4. The van der Waals surface area contributed by atoms with E-state index in [0.717, 1.165) is 53.2 Å². The zero-order chi connectivity index (χ0) is 32.3. The van der Waals surface area contributed by atoms with Crippen molar-refractivity contribution >= 4 is 35.0 Å². The molecule has 9 heteroatoms. The fourth-order valence-electron chi connectivity index (χ4n) is 5.28. The minimum Gasteiger partial charge on any atom is -0.487 e. The number of halogens is 2. The van der Waals surface area contributed by atoms with E-state index in [0.29, 0.717) is 37.9 Å². The van der Waals surface area contributed by atoms with Crippen molar-refractivity contribution < 1.29 is 23.4 Å². The number of methoxy groups -OCH3 is 1. The summed E-state index contributed by atoms with van der Waals surface area (Å²) in [6.07, 6.45) is 9.19. The number of carbonyl (C=O) groups excluding carboxylic acids is 1. The van der Waals surface area contributed by atoms with E-state index in [1.54, 1.807) is 43.6 Å². The maximum Gasteiger partial charge on any atom is 0.246 e. The molecule has 0 bridgehead atoms. The summed E-state index contributed by atoms with van der Waals surface area (Å²) >= 11 is 0. The molecule has 0 spiro atoms. The molecule has 5 rings (SSSR count). The van der Waals surface area contributed by atoms with Crippen molar-refractivity contribution in [2.24, 2.45) is 0 Å². The minimum atomic E-state index is -0.276. The Morgan fingerprint density at radius 2 is 1.55 bits per heavy atom. The van der Waals surface area contributed by atoms with Crippen LogP contribution in [-0.2, 0) is 22.7 Å². The summed E-state index contributed by atoms with van der Waals surface area (Å²) in [4.78, 5) is 21.7. The van der Waals surface area contributed by atoms with Crippen LogP contribution in [0.4, 0.5) is 4.39 Å². The normalized spacial score (nSPS) is 13.6. The van der Waals surface area contributed by atoms with Crippen molar-refractivity contribution in [1.29, 1.82) is 0 Å². The predicted octanol–water partition coefficient (Wildman–Crippen LogP) is 7.80. The molecular weight excluding hydrogens is 661 g/mol. The van der Waals surface area contributed by atoms with Gasteiger partial charge in [-0.2, -0.15) is 0 Å². The second-order valence-electron chi connectivity index (χ2n) is 11.4. The summed E-state index contributed by atoms with van der Waals surface area (Å²) in [7, 11) is 1.69. The van der Waals surface area contributed by atoms with E-state index >= 15 is 0 Å². The molecule has 1 amide bonds. The predicted molar refractivity (Wildman–Crippen MR) is 190 cm³/mol. The quantitative estimate of drug-likeness (QED) is 0.141. The number of benzene rings is 3. The monoisotopic (exact) mass is 701 g/mol. The van der Waals surface area contributed by atoms with E-state index < -0.39 is 0 Å². The average Bonchev–Trinajstić information content (AvgIpc) is 3.07. The highest BCUT2D eigenvalue weighted by molar-refractivity contribution is 8.93. The first-order valence-electron chi connectivity index (χ1n) is 15.4. The largest absolute Gasteiger partial charge is 0.487 e. The third kappa shape index (κ3) is 10.6. The van der Waals surface area contributed by atoms with Crippen LogP contribution in [0.2, 0.25) is 0 Å². The number of piperazine rings is 1. The third-order valence-electron chi connectivity index (χ3n) is 7.78. The van der Waals surface area contributed by atoms with E-state index in [-0.39, 0.29) is 28.7 Å². The fourth-order valence-corrected chi connectivity index (χ4v) is 5.28. The van der Waals surface area contributed by atoms with Crippen molar-refractivity contribution in [3.63, 3.8) is 0 Å². The van der Waals surface area contributed by atoms with Crippen LogP contribution >= 0.6 is 17.0 Å². The average molecular weight is 703 g/mol. The number of ether oxygens (including phenoxy) is 3. The zero-order valence-corrected chi connectivity index (χ0v) is 28.7. The number of hydrogen-bond acceptors (Lipinski definition) is 6. The van der Waals surface area contributed by atoms with Gasteiger partial charge in [-0.05, 0) is 83.6 Å². The Kier molecular flexibility index (Phi) is 13.3. The number of aryl methyl sites for hydroxylation is 2. The Bertz CT molecular complexity index is 1630. The fraction of sp³-hybridized carbons (Fsp3) is 0.263. The van der Waals surface area contributed by atoms with Crippen LogP contribution in [0.3, 0.4) is 0 Å². The van der Waals surface area contributed by atoms with Gasteiger partial charge in [0.1, 0.15) is 23.9 Å². The van der Waals surface area contributed by atoms with Gasteiger partial charge < -0.3 is 19.1 Å². The molecule has 3 aromatic carbocycles. The molecule has 246 valence electrons. The molecule has 7 nitrogen and oxygen atoms in total. The molecule has 4 aromatic rings. The Hall–Kier alpha value is -4.31. The van der Waals surface area contributed by atoms with Gasteiger partial charge in [0.25, 0.3) is 0 Å². The minimum absolute atomic E-state index is 0. The van der Waals surface area contributed by atoms with Gasteiger partial charge in [-0.1, -0.05) is 48.6 Å². The highest BCUT2D eigenvalue weighted by Crippen LogP contribution is 2.30. The number of aromatic nitrogens is 1. The molecule has 1 aromatic heterocycles. The Balaban J connectivity index is 0.00000500. The number of rotatable bonds is 12. The van der Waals surface area contributed by atoms with E-state index in [2.05, 4.69) is 40.2 Å². The van der Waals surface area contributed by atoms with Gasteiger partial charge in [-0.3, -0.25) is 9.69 Å². The number of hydrogen-bond donors (Lipinski definition) is 0. The van der Waals surface area contributed by atoms with Gasteiger partial charge >= 0.3 is 0 Å². The molecule has 1 aliphatic rings. The third-order valence-corrected chi connectivity index (χ3v) is 7.78. The standard InChI is InChI=1S/C38H40FN3O4.BrH/c1-28-23-33(24-29(2)38(28)46-36-16-15-35(25-40-36)45-27-32-10-13-34(39)14-11-32)12-17-37(43)42-20-18-41(19-21-42)26-31-8-6-30(7-9-31)5-4-22-44-3;/h4-17,23-25H,18-22,26-27H2,1-3H3;1H. The molecule has 2 heterocycles. The first-order valence-corrected chi connectivity index (χ1v) is 15.4. The van der Waals surface area contributed by atoms with Crippen LogP contribution in [0.5, 0.6) is 17.4 Å². The second kappa shape index (κ2) is 17.6. The molecule has 0 unspecified atom stereocenters. The van der Waals surface area contributed by atoms with Gasteiger partial charge in [0.05, 0.1) is 12.8 Å². The highest BCUT2D eigenvalue weighted by Gasteiger charge is 2.19. The van der Waals surface area contributed by atoms with E-state index in [9.17, 15) is 9.18 Å². The van der Waals surface area contributed by atoms with Crippen LogP contribution in [0, 0.1) is 19.7 Å². The first-order chi connectivity index (χ1) is 22.4. The Labute approximate surface area is 287 Å². The van der Waals surface area contributed by atoms with Gasteiger partial charge in [0, 0.05) is 52.0 Å². The van der Waals surface area contributed by atoms with Gasteiger partial charge in [0.15, 0.2) is 0 Å². The van der Waals surface area contributed by atoms with E-state index in [1.807, 2.05) is 43.0 Å². The molecule has 0 saturated carbocycles. The Morgan fingerprint density at radius 3 is 2.19 bits per heavy atom. The molecule has 1 aliphatic heterocycles. The van der Waals surface area contributed by atoms with Crippen molar-refractivity contribution in [3.8, 4) is 17.4 Å². The highest BCUT2D eigenvalue weighted by atomic mass is 79.9.